The summed E-state index contributed by atoms with van der Waals surface area (Å²) in [4.78, 5) is 11.2. The molecule has 0 unspecified atom stereocenters. The number of Topliss-reactive ketones (excluding diaryl/α,β-unsaturated/α-hetero) is 1. The third-order valence-electron chi connectivity index (χ3n) is 4.34. The number of ketones is 1. The van der Waals surface area contributed by atoms with E-state index in [9.17, 15) is 33.6 Å². The number of phenols is 3. The molecule has 32 heavy (non-hydrogen) atoms. The number of azo groups is 1. The number of carbonyl (C=O) groups excluding carboxylic acids is 1. The highest BCUT2D eigenvalue weighted by atomic mass is 32.2. The Morgan fingerprint density at radius 2 is 1.53 bits per heavy atom. The molecule has 0 aliphatic heterocycles. The molecule has 166 valence electrons. The van der Waals surface area contributed by atoms with Gasteiger partial charge in [0.15, 0.2) is 28.7 Å². The van der Waals surface area contributed by atoms with Gasteiger partial charge in [0.25, 0.3) is 0 Å². The van der Waals surface area contributed by atoms with E-state index in [1.807, 2.05) is 0 Å². The van der Waals surface area contributed by atoms with E-state index in [1.165, 1.54) is 50.2 Å². The van der Waals surface area contributed by atoms with Gasteiger partial charge in [-0.05, 0) is 31.2 Å². The second-order valence-corrected chi connectivity index (χ2v) is 8.15. The average Bonchev–Trinajstić information content (AvgIpc) is 2.71. The van der Waals surface area contributed by atoms with Crippen LogP contribution in [0.4, 0.5) is 5.69 Å². The largest absolute Gasteiger partial charge is 0.510 e. The van der Waals surface area contributed by atoms with E-state index in [4.69, 9.17) is 4.18 Å². The molecule has 0 heterocycles. The Bertz CT molecular complexity index is 1370. The number of phenolic OH excluding ortho intramolecular Hbond substituents is 3. The van der Waals surface area contributed by atoms with Gasteiger partial charge in [-0.2, -0.15) is 8.42 Å². The Morgan fingerprint density at radius 1 is 0.906 bits per heavy atom. The van der Waals surface area contributed by atoms with Crippen LogP contribution in [0.25, 0.3) is 10.8 Å². The molecule has 10 nitrogen and oxygen atoms in total. The molecule has 0 fully saturated rings. The Labute approximate surface area is 182 Å². The second-order valence-electron chi connectivity index (χ2n) is 6.64. The van der Waals surface area contributed by atoms with E-state index in [0.717, 1.165) is 12.1 Å². The zero-order valence-electron chi connectivity index (χ0n) is 16.8. The van der Waals surface area contributed by atoms with E-state index in [-0.39, 0.29) is 32.8 Å². The number of nitrogens with zero attached hydrogens (tertiary/aromatic N) is 2. The monoisotopic (exact) mass is 458 g/mol. The van der Waals surface area contributed by atoms with Gasteiger partial charge in [0, 0.05) is 17.7 Å². The summed E-state index contributed by atoms with van der Waals surface area (Å²) in [6.07, 6.45) is 0. The van der Waals surface area contributed by atoms with Crippen molar-refractivity contribution in [1.82, 2.24) is 0 Å². The lowest BCUT2D eigenvalue weighted by Gasteiger charge is -2.12. The smallest absolute Gasteiger partial charge is 0.340 e. The number of rotatable bonds is 6. The maximum Gasteiger partial charge on any atom is 0.340 e. The molecule has 0 amide bonds. The summed E-state index contributed by atoms with van der Waals surface area (Å²) < 4.78 is 30.6. The molecule has 3 rings (SSSR count). The minimum absolute atomic E-state index is 0.0690. The number of fused-ring (bicyclic) bond motifs is 1. The Hall–Kier alpha value is -4.12. The molecule has 4 N–H and O–H groups in total. The van der Waals surface area contributed by atoms with Gasteiger partial charge in [0.05, 0.1) is 0 Å². The van der Waals surface area contributed by atoms with E-state index < -0.39 is 38.9 Å². The van der Waals surface area contributed by atoms with Crippen LogP contribution in [0, 0.1) is 0 Å². The molecule has 0 saturated heterocycles. The normalized spacial score (nSPS) is 12.7. The molecular formula is C21H18N2O8S. The number of carbonyl (C=O) groups is 1. The van der Waals surface area contributed by atoms with E-state index in [0.29, 0.717) is 0 Å². The third kappa shape index (κ3) is 4.32. The van der Waals surface area contributed by atoms with Crippen molar-refractivity contribution in [2.45, 2.75) is 18.7 Å². The lowest BCUT2D eigenvalue weighted by Crippen LogP contribution is -2.10. The number of benzene rings is 3. The molecule has 11 heteroatoms. The number of aromatic hydroxyl groups is 3. The van der Waals surface area contributed by atoms with E-state index >= 15 is 0 Å². The first-order chi connectivity index (χ1) is 15.0. The maximum absolute atomic E-state index is 12.8. The van der Waals surface area contributed by atoms with Crippen LogP contribution in [0.1, 0.15) is 13.8 Å². The first-order valence-corrected chi connectivity index (χ1v) is 10.5. The Balaban J connectivity index is 2.09. The molecule has 0 aliphatic rings. The van der Waals surface area contributed by atoms with Crippen molar-refractivity contribution in [3.8, 4) is 23.0 Å². The van der Waals surface area contributed by atoms with E-state index in [2.05, 4.69) is 10.2 Å². The number of allylic oxidation sites excluding steroid dienone is 2. The minimum Gasteiger partial charge on any atom is -0.510 e. The lowest BCUT2D eigenvalue weighted by molar-refractivity contribution is -0.113. The van der Waals surface area contributed by atoms with Crippen molar-refractivity contribution >= 4 is 32.4 Å². The Kier molecular flexibility index (Phi) is 6.03. The van der Waals surface area contributed by atoms with E-state index in [1.54, 1.807) is 0 Å². The van der Waals surface area contributed by atoms with Crippen LogP contribution < -0.4 is 4.18 Å². The summed E-state index contributed by atoms with van der Waals surface area (Å²) in [7, 11) is -4.53. The van der Waals surface area contributed by atoms with Crippen molar-refractivity contribution < 1.29 is 37.8 Å². The van der Waals surface area contributed by atoms with Gasteiger partial charge in [-0.1, -0.05) is 24.3 Å². The van der Waals surface area contributed by atoms with Gasteiger partial charge >= 0.3 is 10.1 Å². The standard InChI is InChI=1S/C21H18N2O8S/c1-11(24)19(12(2)25)23-22-15-10-9-13-14(20(15)28)5-3-8-18(13)32(29,30)31-21-16(26)6-4-7-17(21)27/h3-10,24,26-28H,1-2H3. The molecule has 0 spiro atoms. The van der Waals surface area contributed by atoms with Gasteiger partial charge in [-0.3, -0.25) is 4.79 Å². The zero-order chi connectivity index (χ0) is 23.6. The molecule has 3 aromatic rings. The van der Waals surface area contributed by atoms with Crippen molar-refractivity contribution in [2.75, 3.05) is 0 Å². The molecular weight excluding hydrogens is 440 g/mol. The van der Waals surface area contributed by atoms with Crippen LogP contribution in [0.2, 0.25) is 0 Å². The number of aliphatic hydroxyl groups excluding tert-OH is 1. The summed E-state index contributed by atoms with van der Waals surface area (Å²) in [6, 6.07) is 10.2. The third-order valence-corrected chi connectivity index (χ3v) is 5.62. The quantitative estimate of drug-likeness (QED) is 0.185. The summed E-state index contributed by atoms with van der Waals surface area (Å²) in [5.41, 5.74) is -0.372. The van der Waals surface area contributed by atoms with Crippen LogP contribution in [-0.2, 0) is 14.9 Å². The van der Waals surface area contributed by atoms with Crippen molar-refractivity contribution in [3.63, 3.8) is 0 Å². The maximum atomic E-state index is 12.8. The summed E-state index contributed by atoms with van der Waals surface area (Å²) in [5.74, 6) is -3.10. The Morgan fingerprint density at radius 3 is 2.12 bits per heavy atom. The number of para-hydroxylation sites is 1. The average molecular weight is 458 g/mol. The van der Waals surface area contributed by atoms with Crippen LogP contribution in [0.5, 0.6) is 23.0 Å². The summed E-state index contributed by atoms with van der Waals surface area (Å²) >= 11 is 0. The van der Waals surface area contributed by atoms with Crippen molar-refractivity contribution in [1.29, 1.82) is 0 Å². The van der Waals surface area contributed by atoms with Crippen LogP contribution in [-0.4, -0.2) is 34.6 Å². The first kappa shape index (κ1) is 22.6. The first-order valence-electron chi connectivity index (χ1n) is 9.05. The fourth-order valence-electron chi connectivity index (χ4n) is 2.85. The highest BCUT2D eigenvalue weighted by Gasteiger charge is 2.24. The molecule has 0 bridgehead atoms. The molecule has 0 aliphatic carbocycles. The molecule has 3 aromatic carbocycles. The molecule has 0 saturated carbocycles. The zero-order valence-corrected chi connectivity index (χ0v) is 17.7. The number of aliphatic hydroxyl groups is 1. The number of hydrogen-bond acceptors (Lipinski definition) is 10. The van der Waals surface area contributed by atoms with Gasteiger partial charge < -0.3 is 24.6 Å². The summed E-state index contributed by atoms with van der Waals surface area (Å²) in [6.45, 7) is 2.45. The molecule has 0 aromatic heterocycles. The van der Waals surface area contributed by atoms with Gasteiger partial charge in [-0.25, -0.2) is 0 Å². The fraction of sp³-hybridized carbons (Fsp3) is 0.0952. The fourth-order valence-corrected chi connectivity index (χ4v) is 4.03. The lowest BCUT2D eigenvalue weighted by atomic mass is 10.1. The minimum atomic E-state index is -4.53. The topological polar surface area (TPSA) is 166 Å². The predicted octanol–water partition coefficient (Wildman–Crippen LogP) is 4.19. The molecule has 0 radical (unpaired) electrons. The van der Waals surface area contributed by atoms with Crippen LogP contribution >= 0.6 is 0 Å². The van der Waals surface area contributed by atoms with Crippen molar-refractivity contribution in [3.05, 3.63) is 60.0 Å². The number of hydrogen-bond donors (Lipinski definition) is 4. The van der Waals surface area contributed by atoms with Crippen molar-refractivity contribution in [2.24, 2.45) is 10.2 Å². The molecule has 0 atom stereocenters. The summed E-state index contributed by atoms with van der Waals surface area (Å²) in [5, 5.41) is 47.3. The highest BCUT2D eigenvalue weighted by molar-refractivity contribution is 7.87. The highest BCUT2D eigenvalue weighted by Crippen LogP contribution is 2.40. The van der Waals surface area contributed by atoms with Gasteiger partial charge in [-0.15, -0.1) is 10.2 Å². The van der Waals surface area contributed by atoms with Gasteiger partial charge in [0.2, 0.25) is 5.75 Å². The van der Waals surface area contributed by atoms with Gasteiger partial charge in [0.1, 0.15) is 16.3 Å². The predicted molar refractivity (Wildman–Crippen MR) is 114 cm³/mol. The van der Waals surface area contributed by atoms with Crippen LogP contribution in [0.3, 0.4) is 0 Å². The van der Waals surface area contributed by atoms with Crippen LogP contribution in [0.15, 0.2) is 75.1 Å². The second kappa shape index (κ2) is 8.55. The SMILES string of the molecule is CC(=O)C(N=Nc1ccc2c(S(=O)(=O)Oc3c(O)cccc3O)cccc2c1O)=C(C)O.